The SMILES string of the molecule is Cc1cc(Br)cc(-n2cncc2C(N)CC(C)C)c1. The van der Waals surface area contributed by atoms with Crippen molar-refractivity contribution in [2.24, 2.45) is 11.7 Å². The van der Waals surface area contributed by atoms with Crippen LogP contribution in [0.3, 0.4) is 0 Å². The number of aromatic nitrogens is 2. The van der Waals surface area contributed by atoms with Crippen molar-refractivity contribution in [2.45, 2.75) is 33.2 Å². The second-order valence-corrected chi connectivity index (χ2v) is 6.33. The number of rotatable bonds is 4. The zero-order chi connectivity index (χ0) is 14.0. The molecule has 0 saturated heterocycles. The van der Waals surface area contributed by atoms with Crippen molar-refractivity contribution in [3.8, 4) is 5.69 Å². The van der Waals surface area contributed by atoms with E-state index in [1.165, 1.54) is 5.56 Å². The molecule has 0 aliphatic heterocycles. The molecule has 0 radical (unpaired) electrons. The van der Waals surface area contributed by atoms with Gasteiger partial charge in [-0.2, -0.15) is 0 Å². The summed E-state index contributed by atoms with van der Waals surface area (Å²) in [5.74, 6) is 0.572. The first kappa shape index (κ1) is 14.3. The number of benzene rings is 1. The summed E-state index contributed by atoms with van der Waals surface area (Å²) in [6, 6.07) is 6.33. The van der Waals surface area contributed by atoms with Crippen LogP contribution in [0.5, 0.6) is 0 Å². The Kier molecular flexibility index (Phi) is 4.42. The quantitative estimate of drug-likeness (QED) is 0.925. The van der Waals surface area contributed by atoms with Crippen molar-refractivity contribution >= 4 is 15.9 Å². The van der Waals surface area contributed by atoms with Crippen LogP contribution in [0.4, 0.5) is 0 Å². The molecule has 1 unspecified atom stereocenters. The van der Waals surface area contributed by atoms with E-state index < -0.39 is 0 Å². The lowest BCUT2D eigenvalue weighted by atomic mass is 10.0. The Bertz CT molecular complexity index is 540. The minimum Gasteiger partial charge on any atom is -0.323 e. The normalized spacial score (nSPS) is 12.9. The fourth-order valence-electron chi connectivity index (χ4n) is 2.28. The highest BCUT2D eigenvalue weighted by molar-refractivity contribution is 9.10. The van der Waals surface area contributed by atoms with Gasteiger partial charge >= 0.3 is 0 Å². The molecule has 0 fully saturated rings. The van der Waals surface area contributed by atoms with Crippen LogP contribution in [0.1, 0.15) is 37.6 Å². The fraction of sp³-hybridized carbons (Fsp3) is 0.400. The van der Waals surface area contributed by atoms with Gasteiger partial charge in [0.2, 0.25) is 0 Å². The predicted octanol–water partition coefficient (Wildman–Crippen LogP) is 3.99. The summed E-state index contributed by atoms with van der Waals surface area (Å²) in [6.45, 7) is 6.45. The molecular formula is C15H20BrN3. The number of hydrogen-bond acceptors (Lipinski definition) is 2. The van der Waals surface area contributed by atoms with Gasteiger partial charge in [-0.3, -0.25) is 0 Å². The molecule has 0 aliphatic carbocycles. The Labute approximate surface area is 123 Å². The Morgan fingerprint density at radius 3 is 2.68 bits per heavy atom. The van der Waals surface area contributed by atoms with E-state index in [0.717, 1.165) is 22.3 Å². The maximum absolute atomic E-state index is 6.28. The molecular weight excluding hydrogens is 302 g/mol. The van der Waals surface area contributed by atoms with E-state index in [0.29, 0.717) is 5.92 Å². The van der Waals surface area contributed by atoms with E-state index in [4.69, 9.17) is 5.73 Å². The van der Waals surface area contributed by atoms with Gasteiger partial charge in [-0.05, 0) is 43.0 Å². The van der Waals surface area contributed by atoms with Crippen LogP contribution in [0.25, 0.3) is 5.69 Å². The van der Waals surface area contributed by atoms with Crippen molar-refractivity contribution in [3.05, 3.63) is 46.5 Å². The predicted molar refractivity (Wildman–Crippen MR) is 82.4 cm³/mol. The molecule has 102 valence electrons. The first-order valence-electron chi connectivity index (χ1n) is 6.52. The summed E-state index contributed by atoms with van der Waals surface area (Å²) in [4.78, 5) is 4.25. The number of halogens is 1. The van der Waals surface area contributed by atoms with E-state index in [-0.39, 0.29) is 6.04 Å². The van der Waals surface area contributed by atoms with E-state index in [2.05, 4.69) is 64.5 Å². The molecule has 2 N–H and O–H groups in total. The number of imidazole rings is 1. The third-order valence-electron chi connectivity index (χ3n) is 3.08. The van der Waals surface area contributed by atoms with Gasteiger partial charge in [-0.1, -0.05) is 29.8 Å². The van der Waals surface area contributed by atoms with Crippen LogP contribution < -0.4 is 5.73 Å². The van der Waals surface area contributed by atoms with Gasteiger partial charge in [-0.25, -0.2) is 4.98 Å². The van der Waals surface area contributed by atoms with Gasteiger partial charge in [0.1, 0.15) is 0 Å². The van der Waals surface area contributed by atoms with Crippen molar-refractivity contribution < 1.29 is 0 Å². The minimum atomic E-state index is 0.0155. The molecule has 1 aromatic carbocycles. The summed E-state index contributed by atoms with van der Waals surface area (Å²) in [5, 5.41) is 0. The smallest absolute Gasteiger partial charge is 0.0994 e. The molecule has 1 aromatic heterocycles. The maximum atomic E-state index is 6.28. The second kappa shape index (κ2) is 5.88. The molecule has 3 nitrogen and oxygen atoms in total. The fourth-order valence-corrected chi connectivity index (χ4v) is 2.88. The molecule has 19 heavy (non-hydrogen) atoms. The molecule has 1 atom stereocenters. The molecule has 0 saturated carbocycles. The summed E-state index contributed by atoms with van der Waals surface area (Å²) in [7, 11) is 0. The van der Waals surface area contributed by atoms with Crippen LogP contribution in [-0.4, -0.2) is 9.55 Å². The monoisotopic (exact) mass is 321 g/mol. The average molecular weight is 322 g/mol. The number of nitrogens with zero attached hydrogens (tertiary/aromatic N) is 2. The van der Waals surface area contributed by atoms with Crippen molar-refractivity contribution in [3.63, 3.8) is 0 Å². The van der Waals surface area contributed by atoms with Crippen LogP contribution in [-0.2, 0) is 0 Å². The van der Waals surface area contributed by atoms with Gasteiger partial charge in [0.15, 0.2) is 0 Å². The van der Waals surface area contributed by atoms with E-state index >= 15 is 0 Å². The topological polar surface area (TPSA) is 43.8 Å². The summed E-state index contributed by atoms with van der Waals surface area (Å²) in [5.41, 5.74) is 9.65. The molecule has 1 heterocycles. The number of hydrogen-bond donors (Lipinski definition) is 1. The van der Waals surface area contributed by atoms with E-state index in [1.807, 2.05) is 12.5 Å². The van der Waals surface area contributed by atoms with Gasteiger partial charge in [-0.15, -0.1) is 0 Å². The first-order chi connectivity index (χ1) is 8.97. The van der Waals surface area contributed by atoms with Crippen molar-refractivity contribution in [1.82, 2.24) is 9.55 Å². The zero-order valence-corrected chi connectivity index (χ0v) is 13.2. The Morgan fingerprint density at radius 1 is 1.32 bits per heavy atom. The number of nitrogens with two attached hydrogens (primary N) is 1. The van der Waals surface area contributed by atoms with Gasteiger partial charge < -0.3 is 10.3 Å². The van der Waals surface area contributed by atoms with Crippen LogP contribution in [0.15, 0.2) is 35.2 Å². The lowest BCUT2D eigenvalue weighted by Crippen LogP contribution is -2.16. The second-order valence-electron chi connectivity index (χ2n) is 5.41. The van der Waals surface area contributed by atoms with Crippen molar-refractivity contribution in [2.75, 3.05) is 0 Å². The van der Waals surface area contributed by atoms with Crippen molar-refractivity contribution in [1.29, 1.82) is 0 Å². The Morgan fingerprint density at radius 2 is 2.05 bits per heavy atom. The van der Waals surface area contributed by atoms with Gasteiger partial charge in [0.05, 0.1) is 18.2 Å². The third kappa shape index (κ3) is 3.45. The zero-order valence-electron chi connectivity index (χ0n) is 11.6. The summed E-state index contributed by atoms with van der Waals surface area (Å²) >= 11 is 3.54. The standard InChI is InChI=1S/C15H20BrN3/c1-10(2)4-14(17)15-8-18-9-19(15)13-6-11(3)5-12(16)7-13/h5-10,14H,4,17H2,1-3H3. The molecule has 0 aliphatic rings. The van der Waals surface area contributed by atoms with Crippen LogP contribution in [0, 0.1) is 12.8 Å². The maximum Gasteiger partial charge on any atom is 0.0994 e. The van der Waals surface area contributed by atoms with E-state index in [1.54, 1.807) is 0 Å². The molecule has 4 heteroatoms. The Hall–Kier alpha value is -1.13. The highest BCUT2D eigenvalue weighted by atomic mass is 79.9. The molecule has 0 amide bonds. The lowest BCUT2D eigenvalue weighted by molar-refractivity contribution is 0.498. The Balaban J connectivity index is 2.38. The minimum absolute atomic E-state index is 0.0155. The van der Waals surface area contributed by atoms with Crippen LogP contribution in [0.2, 0.25) is 0 Å². The summed E-state index contributed by atoms with van der Waals surface area (Å²) < 4.78 is 3.14. The number of aryl methyl sites for hydroxylation is 1. The largest absolute Gasteiger partial charge is 0.323 e. The highest BCUT2D eigenvalue weighted by Gasteiger charge is 2.14. The lowest BCUT2D eigenvalue weighted by Gasteiger charge is -2.17. The molecule has 0 spiro atoms. The molecule has 2 aromatic rings. The molecule has 2 rings (SSSR count). The molecule has 0 bridgehead atoms. The highest BCUT2D eigenvalue weighted by Crippen LogP contribution is 2.24. The van der Waals surface area contributed by atoms with Gasteiger partial charge in [0, 0.05) is 16.2 Å². The average Bonchev–Trinajstić information content (AvgIpc) is 2.75. The third-order valence-corrected chi connectivity index (χ3v) is 3.54. The van der Waals surface area contributed by atoms with Gasteiger partial charge in [0.25, 0.3) is 0 Å². The summed E-state index contributed by atoms with van der Waals surface area (Å²) in [6.07, 6.45) is 4.65. The van der Waals surface area contributed by atoms with Crippen LogP contribution >= 0.6 is 15.9 Å². The first-order valence-corrected chi connectivity index (χ1v) is 7.32. The van der Waals surface area contributed by atoms with E-state index in [9.17, 15) is 0 Å².